The van der Waals surface area contributed by atoms with Gasteiger partial charge in [-0.05, 0) is 49.4 Å². The number of carbonyl (C=O) groups excluding carboxylic acids is 4. The number of carbonyl (C=O) groups is 4. The summed E-state index contributed by atoms with van der Waals surface area (Å²) < 4.78 is 5.57. The van der Waals surface area contributed by atoms with E-state index >= 15 is 0 Å². The number of amides is 3. The summed E-state index contributed by atoms with van der Waals surface area (Å²) in [6.07, 6.45) is 2.41. The normalized spacial score (nSPS) is 26.7. The quantitative estimate of drug-likeness (QED) is 0.371. The van der Waals surface area contributed by atoms with Crippen molar-refractivity contribution in [2.45, 2.75) is 32.6 Å². The van der Waals surface area contributed by atoms with Crippen LogP contribution in [0.1, 0.15) is 32.6 Å². The Morgan fingerprint density at radius 3 is 2.56 bits per heavy atom. The predicted molar refractivity (Wildman–Crippen MR) is 126 cm³/mol. The van der Waals surface area contributed by atoms with Crippen molar-refractivity contribution < 1.29 is 23.9 Å². The molecule has 3 fully saturated rings. The van der Waals surface area contributed by atoms with Gasteiger partial charge in [0.2, 0.25) is 17.7 Å². The van der Waals surface area contributed by atoms with Crippen molar-refractivity contribution in [1.82, 2.24) is 0 Å². The van der Waals surface area contributed by atoms with Crippen molar-refractivity contribution in [3.8, 4) is 5.75 Å². The molecule has 7 nitrogen and oxygen atoms in total. The van der Waals surface area contributed by atoms with Crippen LogP contribution in [0.15, 0.2) is 48.5 Å². The zero-order valence-electron chi connectivity index (χ0n) is 18.8. The van der Waals surface area contributed by atoms with Crippen LogP contribution in [0.3, 0.4) is 0 Å². The van der Waals surface area contributed by atoms with Gasteiger partial charge in [0.1, 0.15) is 5.75 Å². The van der Waals surface area contributed by atoms with E-state index in [9.17, 15) is 19.2 Å². The fourth-order valence-electron chi connectivity index (χ4n) is 5.30. The number of fused-ring (bicyclic) bond motifs is 1. The van der Waals surface area contributed by atoms with Crippen molar-refractivity contribution in [2.24, 2.45) is 23.7 Å². The number of hydrogen-bond acceptors (Lipinski definition) is 5. The average molecular weight is 481 g/mol. The third kappa shape index (κ3) is 3.98. The minimum atomic E-state index is -0.646. The van der Waals surface area contributed by atoms with Crippen molar-refractivity contribution in [1.29, 1.82) is 0 Å². The van der Waals surface area contributed by atoms with E-state index in [4.69, 9.17) is 16.3 Å². The molecule has 5 rings (SSSR count). The van der Waals surface area contributed by atoms with Gasteiger partial charge in [0.15, 0.2) is 0 Å². The topological polar surface area (TPSA) is 84.0 Å². The number of anilines is 2. The van der Waals surface area contributed by atoms with Gasteiger partial charge >= 0.3 is 5.97 Å². The number of ether oxygens (including phenoxy) is 1. The fourth-order valence-corrected chi connectivity index (χ4v) is 5.54. The molecular weight excluding hydrogens is 456 g/mol. The zero-order valence-corrected chi connectivity index (χ0v) is 19.5. The summed E-state index contributed by atoms with van der Waals surface area (Å²) in [5, 5.41) is 0.437. The molecule has 2 heterocycles. The largest absolute Gasteiger partial charge is 0.426 e. The lowest BCUT2D eigenvalue weighted by atomic mass is 9.76. The summed E-state index contributed by atoms with van der Waals surface area (Å²) in [7, 11) is 0. The van der Waals surface area contributed by atoms with Crippen LogP contribution in [-0.4, -0.2) is 30.2 Å². The summed E-state index contributed by atoms with van der Waals surface area (Å²) in [5.41, 5.74) is 0.968. The lowest BCUT2D eigenvalue weighted by Gasteiger charge is -2.25. The second-order valence-electron chi connectivity index (χ2n) is 9.42. The number of para-hydroxylation sites is 1. The summed E-state index contributed by atoms with van der Waals surface area (Å²) in [5.74, 6) is -1.64. The van der Waals surface area contributed by atoms with E-state index in [2.05, 4.69) is 6.92 Å². The molecule has 4 atom stereocenters. The predicted octanol–water partition coefficient (Wildman–Crippen LogP) is 4.22. The molecule has 0 spiro atoms. The molecule has 2 aromatic carbocycles. The highest BCUT2D eigenvalue weighted by Crippen LogP contribution is 2.42. The first-order chi connectivity index (χ1) is 16.3. The molecule has 1 saturated carbocycles. The van der Waals surface area contributed by atoms with E-state index in [0.29, 0.717) is 22.3 Å². The van der Waals surface area contributed by atoms with Crippen LogP contribution in [-0.2, 0) is 19.2 Å². The van der Waals surface area contributed by atoms with E-state index in [1.807, 2.05) is 0 Å². The van der Waals surface area contributed by atoms with Crippen LogP contribution in [0.25, 0.3) is 0 Å². The van der Waals surface area contributed by atoms with Gasteiger partial charge < -0.3 is 9.64 Å². The maximum absolute atomic E-state index is 13.0. The van der Waals surface area contributed by atoms with Crippen molar-refractivity contribution in [3.63, 3.8) is 0 Å². The Labute approximate surface area is 202 Å². The summed E-state index contributed by atoms with van der Waals surface area (Å²) in [6.45, 7) is 2.28. The number of imide groups is 1. The highest BCUT2D eigenvalue weighted by molar-refractivity contribution is 6.34. The molecule has 2 aromatic rings. The van der Waals surface area contributed by atoms with Gasteiger partial charge in [0, 0.05) is 19.0 Å². The first kappa shape index (κ1) is 22.6. The second kappa shape index (κ2) is 8.87. The van der Waals surface area contributed by atoms with Crippen LogP contribution in [0, 0.1) is 23.7 Å². The smallest absolute Gasteiger partial charge is 0.316 e. The Morgan fingerprint density at radius 2 is 1.76 bits per heavy atom. The zero-order chi connectivity index (χ0) is 24.0. The molecule has 0 aromatic heterocycles. The maximum Gasteiger partial charge on any atom is 0.316 e. The minimum Gasteiger partial charge on any atom is -0.426 e. The molecule has 0 N–H and O–H groups in total. The Morgan fingerprint density at radius 1 is 1.00 bits per heavy atom. The highest BCUT2D eigenvalue weighted by Gasteiger charge is 2.50. The number of rotatable bonds is 4. The van der Waals surface area contributed by atoms with E-state index in [-0.39, 0.29) is 48.3 Å². The molecule has 176 valence electrons. The van der Waals surface area contributed by atoms with E-state index in [0.717, 1.165) is 19.3 Å². The Kier molecular flexibility index (Phi) is 5.90. The van der Waals surface area contributed by atoms with Crippen LogP contribution < -0.4 is 14.5 Å². The van der Waals surface area contributed by atoms with Crippen molar-refractivity contribution >= 4 is 46.7 Å². The Balaban J connectivity index is 1.30. The molecule has 34 heavy (non-hydrogen) atoms. The van der Waals surface area contributed by atoms with Gasteiger partial charge in [-0.3, -0.25) is 19.2 Å². The summed E-state index contributed by atoms with van der Waals surface area (Å²) in [4.78, 5) is 54.1. The van der Waals surface area contributed by atoms with Gasteiger partial charge in [-0.2, -0.15) is 0 Å². The molecule has 0 unspecified atom stereocenters. The molecule has 3 amide bonds. The lowest BCUT2D eigenvalue weighted by molar-refractivity contribution is -0.139. The standard InChI is InChI=1S/C26H25ClN2O5/c1-15-9-10-19-20(11-15)25(32)29(24(19)31)17-5-4-6-18(13-17)34-26(33)16-12-23(30)28(14-16)22-8-3-2-7-21(22)27/h2-8,13,15-16,19-20H,9-12,14H2,1H3/t15-,16+,19+,20-/m1/s1. The number of esters is 1. The van der Waals surface area contributed by atoms with Gasteiger partial charge in [-0.15, -0.1) is 0 Å². The molecule has 0 radical (unpaired) electrons. The molecule has 8 heteroatoms. The first-order valence-electron chi connectivity index (χ1n) is 11.6. The van der Waals surface area contributed by atoms with Crippen LogP contribution >= 0.6 is 11.6 Å². The number of nitrogens with zero attached hydrogens (tertiary/aromatic N) is 2. The van der Waals surface area contributed by atoms with E-state index in [1.165, 1.54) is 15.9 Å². The minimum absolute atomic E-state index is 0.0222. The van der Waals surface area contributed by atoms with Crippen LogP contribution in [0.4, 0.5) is 11.4 Å². The number of halogens is 1. The molecule has 0 bridgehead atoms. The highest BCUT2D eigenvalue weighted by atomic mass is 35.5. The monoisotopic (exact) mass is 480 g/mol. The van der Waals surface area contributed by atoms with Crippen LogP contribution in [0.2, 0.25) is 5.02 Å². The molecule has 3 aliphatic rings. The van der Waals surface area contributed by atoms with Crippen molar-refractivity contribution in [2.75, 3.05) is 16.3 Å². The third-order valence-corrected chi connectivity index (χ3v) is 7.40. The SMILES string of the molecule is C[C@@H]1CC[C@@H]2C(=O)N(c3cccc(OC(=O)[C@H]4CC(=O)N(c5ccccc5Cl)C4)c3)C(=O)[C@@H]2C1. The molecule has 2 aliphatic heterocycles. The lowest BCUT2D eigenvalue weighted by Crippen LogP contribution is -2.31. The average Bonchev–Trinajstić information content (AvgIpc) is 3.31. The number of benzene rings is 2. The number of hydrogen-bond donors (Lipinski definition) is 0. The molecule has 2 saturated heterocycles. The van der Waals surface area contributed by atoms with E-state index < -0.39 is 11.9 Å². The van der Waals surface area contributed by atoms with Gasteiger partial charge in [-0.1, -0.05) is 36.7 Å². The van der Waals surface area contributed by atoms with Crippen LogP contribution in [0.5, 0.6) is 5.75 Å². The fraction of sp³-hybridized carbons (Fsp3) is 0.385. The summed E-state index contributed by atoms with van der Waals surface area (Å²) in [6, 6.07) is 13.4. The van der Waals surface area contributed by atoms with E-state index in [1.54, 1.807) is 42.5 Å². The van der Waals surface area contributed by atoms with Gasteiger partial charge in [0.05, 0.1) is 34.2 Å². The van der Waals surface area contributed by atoms with Crippen molar-refractivity contribution in [3.05, 3.63) is 53.6 Å². The van der Waals surface area contributed by atoms with Gasteiger partial charge in [-0.25, -0.2) is 4.90 Å². The van der Waals surface area contributed by atoms with Gasteiger partial charge in [0.25, 0.3) is 0 Å². The summed E-state index contributed by atoms with van der Waals surface area (Å²) >= 11 is 6.21. The first-order valence-corrected chi connectivity index (χ1v) is 12.0. The Hall–Kier alpha value is -3.19. The third-order valence-electron chi connectivity index (χ3n) is 7.08. The molecular formula is C26H25ClN2O5. The molecule has 1 aliphatic carbocycles. The Bertz CT molecular complexity index is 1180. The maximum atomic E-state index is 13.0. The second-order valence-corrected chi connectivity index (χ2v) is 9.83.